The van der Waals surface area contributed by atoms with Crippen LogP contribution in [0.5, 0.6) is 5.75 Å². The molecule has 2 fully saturated rings. The molecule has 3 heterocycles. The van der Waals surface area contributed by atoms with Gasteiger partial charge in [0.25, 0.3) is 0 Å². The minimum atomic E-state index is 0.334. The average Bonchev–Trinajstić information content (AvgIpc) is 3.14. The van der Waals surface area contributed by atoms with Crippen LogP contribution < -0.4 is 0 Å². The molecule has 0 bridgehead atoms. The Labute approximate surface area is 159 Å². The van der Waals surface area contributed by atoms with Crippen LogP contribution in [0, 0.1) is 5.92 Å². The van der Waals surface area contributed by atoms with Gasteiger partial charge in [0, 0.05) is 43.5 Å². The number of amides is 1. The van der Waals surface area contributed by atoms with Gasteiger partial charge in [0.05, 0.1) is 0 Å². The molecule has 138 valence electrons. The van der Waals surface area contributed by atoms with Crippen LogP contribution in [0.1, 0.15) is 29.7 Å². The number of carbonyl (C=O) groups is 1. The van der Waals surface area contributed by atoms with Crippen molar-refractivity contribution in [3.63, 3.8) is 0 Å². The maximum Gasteiger partial charge on any atom is 0.222 e. The van der Waals surface area contributed by atoms with Gasteiger partial charge in [-0.3, -0.25) is 9.69 Å². The zero-order chi connectivity index (χ0) is 17.9. The summed E-state index contributed by atoms with van der Waals surface area (Å²) in [6.45, 7) is 3.79. The zero-order valence-electron chi connectivity index (χ0n) is 15.0. The normalized spacial score (nSPS) is 23.8. The highest BCUT2D eigenvalue weighted by atomic mass is 32.1. The van der Waals surface area contributed by atoms with Crippen molar-refractivity contribution in [3.05, 3.63) is 52.2 Å². The van der Waals surface area contributed by atoms with Crippen molar-refractivity contribution in [2.45, 2.75) is 38.3 Å². The number of thiophene rings is 1. The molecule has 0 saturated carbocycles. The van der Waals surface area contributed by atoms with Crippen LogP contribution in [0.25, 0.3) is 0 Å². The van der Waals surface area contributed by atoms with Gasteiger partial charge in [-0.1, -0.05) is 18.2 Å². The number of rotatable bonds is 5. The van der Waals surface area contributed by atoms with Gasteiger partial charge in [-0.15, -0.1) is 11.3 Å². The largest absolute Gasteiger partial charge is 0.508 e. The summed E-state index contributed by atoms with van der Waals surface area (Å²) in [6, 6.07) is 12.2. The summed E-state index contributed by atoms with van der Waals surface area (Å²) in [4.78, 5) is 18.5. The Bertz CT molecular complexity index is 746. The highest BCUT2D eigenvalue weighted by Gasteiger charge is 2.38. The van der Waals surface area contributed by atoms with Crippen molar-refractivity contribution >= 4 is 17.2 Å². The summed E-state index contributed by atoms with van der Waals surface area (Å²) in [5.41, 5.74) is 1.16. The van der Waals surface area contributed by atoms with Gasteiger partial charge in [-0.2, -0.15) is 0 Å². The molecular formula is C21H26N2O2S. The molecule has 2 saturated heterocycles. The van der Waals surface area contributed by atoms with E-state index in [0.29, 0.717) is 30.0 Å². The van der Waals surface area contributed by atoms with E-state index in [-0.39, 0.29) is 0 Å². The second kappa shape index (κ2) is 7.80. The summed E-state index contributed by atoms with van der Waals surface area (Å²) in [5, 5.41) is 11.8. The number of fused-ring (bicyclic) bond motifs is 1. The maximum atomic E-state index is 12.5. The predicted octanol–water partition coefficient (Wildman–Crippen LogP) is 3.51. The minimum absolute atomic E-state index is 0.334. The van der Waals surface area contributed by atoms with E-state index in [0.717, 1.165) is 51.0 Å². The van der Waals surface area contributed by atoms with Gasteiger partial charge in [-0.25, -0.2) is 0 Å². The van der Waals surface area contributed by atoms with E-state index in [1.165, 1.54) is 4.88 Å². The SMILES string of the molecule is O=C1CC[C@H]2CN(Cc3cccc(O)c3)CC[C@H]2N1CCc1cccs1. The number of carbonyl (C=O) groups excluding carboxylic acids is 1. The smallest absolute Gasteiger partial charge is 0.222 e. The molecule has 0 unspecified atom stereocenters. The molecule has 1 N–H and O–H groups in total. The molecule has 4 nitrogen and oxygen atoms in total. The molecule has 1 aromatic carbocycles. The maximum absolute atomic E-state index is 12.5. The third kappa shape index (κ3) is 3.94. The lowest BCUT2D eigenvalue weighted by Crippen LogP contribution is -2.56. The molecule has 1 amide bonds. The molecule has 2 aliphatic rings. The Hall–Kier alpha value is -1.85. The van der Waals surface area contributed by atoms with Crippen molar-refractivity contribution in [3.8, 4) is 5.75 Å². The van der Waals surface area contributed by atoms with E-state index >= 15 is 0 Å². The monoisotopic (exact) mass is 370 g/mol. The fraction of sp³-hybridized carbons (Fsp3) is 0.476. The fourth-order valence-electron chi connectivity index (χ4n) is 4.46. The fourth-order valence-corrected chi connectivity index (χ4v) is 5.16. The molecule has 0 aliphatic carbocycles. The van der Waals surface area contributed by atoms with Crippen LogP contribution in [0.4, 0.5) is 0 Å². The number of phenolic OH excluding ortho intramolecular Hbond substituents is 1. The Morgan fingerprint density at radius 3 is 2.92 bits per heavy atom. The summed E-state index contributed by atoms with van der Waals surface area (Å²) >= 11 is 1.78. The van der Waals surface area contributed by atoms with Crippen LogP contribution in [0.3, 0.4) is 0 Å². The molecule has 2 aliphatic heterocycles. The molecule has 0 radical (unpaired) electrons. The van der Waals surface area contributed by atoms with Crippen molar-refractivity contribution in [2.75, 3.05) is 19.6 Å². The second-order valence-corrected chi connectivity index (χ2v) is 8.51. The first-order valence-electron chi connectivity index (χ1n) is 9.51. The molecule has 2 atom stereocenters. The van der Waals surface area contributed by atoms with Crippen molar-refractivity contribution < 1.29 is 9.90 Å². The van der Waals surface area contributed by atoms with Crippen molar-refractivity contribution in [2.24, 2.45) is 5.92 Å². The number of aromatic hydroxyl groups is 1. The minimum Gasteiger partial charge on any atom is -0.508 e. The standard InChI is InChI=1S/C21H26N2O2S/c24-18-4-1-3-16(13-18)14-22-10-9-20-17(15-22)6-7-21(25)23(20)11-8-19-5-2-12-26-19/h1-5,12-13,17,20,24H,6-11,14-15H2/t17-,20+/m0/s1. The average molecular weight is 371 g/mol. The molecule has 5 heteroatoms. The van der Waals surface area contributed by atoms with Gasteiger partial charge < -0.3 is 10.0 Å². The van der Waals surface area contributed by atoms with Gasteiger partial charge in [0.1, 0.15) is 5.75 Å². The van der Waals surface area contributed by atoms with E-state index in [4.69, 9.17) is 0 Å². The summed E-state index contributed by atoms with van der Waals surface area (Å²) in [6.07, 6.45) is 3.72. The van der Waals surface area contributed by atoms with E-state index in [2.05, 4.69) is 33.4 Å². The Morgan fingerprint density at radius 2 is 2.12 bits per heavy atom. The Morgan fingerprint density at radius 1 is 1.19 bits per heavy atom. The molecule has 4 rings (SSSR count). The van der Waals surface area contributed by atoms with E-state index in [9.17, 15) is 9.90 Å². The van der Waals surface area contributed by atoms with Crippen molar-refractivity contribution in [1.29, 1.82) is 0 Å². The van der Waals surface area contributed by atoms with E-state index in [1.807, 2.05) is 12.1 Å². The Kier molecular flexibility index (Phi) is 5.27. The van der Waals surface area contributed by atoms with Gasteiger partial charge in [-0.05, 0) is 54.3 Å². The highest BCUT2D eigenvalue weighted by molar-refractivity contribution is 7.09. The van der Waals surface area contributed by atoms with Crippen LogP contribution in [0.15, 0.2) is 41.8 Å². The number of hydrogen-bond acceptors (Lipinski definition) is 4. The first-order valence-corrected chi connectivity index (χ1v) is 10.4. The van der Waals surface area contributed by atoms with E-state index < -0.39 is 0 Å². The number of benzene rings is 1. The molecule has 2 aromatic rings. The first kappa shape index (κ1) is 17.6. The van der Waals surface area contributed by atoms with Crippen molar-refractivity contribution in [1.82, 2.24) is 9.80 Å². The van der Waals surface area contributed by atoms with Gasteiger partial charge in [0.2, 0.25) is 5.91 Å². The third-order valence-corrected chi connectivity index (χ3v) is 6.66. The lowest BCUT2D eigenvalue weighted by atomic mass is 9.83. The molecule has 26 heavy (non-hydrogen) atoms. The second-order valence-electron chi connectivity index (χ2n) is 7.48. The Balaban J connectivity index is 1.37. The number of hydrogen-bond donors (Lipinski definition) is 1. The highest BCUT2D eigenvalue weighted by Crippen LogP contribution is 2.32. The lowest BCUT2D eigenvalue weighted by molar-refractivity contribution is -0.141. The summed E-state index contributed by atoms with van der Waals surface area (Å²) in [5.74, 6) is 1.24. The molecule has 1 aromatic heterocycles. The quantitative estimate of drug-likeness (QED) is 0.876. The van der Waals surface area contributed by atoms with Gasteiger partial charge in [0.15, 0.2) is 0 Å². The number of likely N-dealkylation sites (tertiary alicyclic amines) is 2. The first-order chi connectivity index (χ1) is 12.7. The van der Waals surface area contributed by atoms with E-state index in [1.54, 1.807) is 17.4 Å². The number of nitrogens with zero attached hydrogens (tertiary/aromatic N) is 2. The van der Waals surface area contributed by atoms with Gasteiger partial charge >= 0.3 is 0 Å². The van der Waals surface area contributed by atoms with Crippen LogP contribution in [-0.4, -0.2) is 46.5 Å². The van der Waals surface area contributed by atoms with Crippen LogP contribution in [0.2, 0.25) is 0 Å². The number of piperidine rings is 2. The predicted molar refractivity (Wildman–Crippen MR) is 104 cm³/mol. The summed E-state index contributed by atoms with van der Waals surface area (Å²) in [7, 11) is 0. The summed E-state index contributed by atoms with van der Waals surface area (Å²) < 4.78 is 0. The third-order valence-electron chi connectivity index (χ3n) is 5.72. The number of phenols is 1. The topological polar surface area (TPSA) is 43.8 Å². The molecule has 0 spiro atoms. The van der Waals surface area contributed by atoms with Crippen LogP contribution in [-0.2, 0) is 17.8 Å². The molecular weight excluding hydrogens is 344 g/mol. The zero-order valence-corrected chi connectivity index (χ0v) is 15.8. The lowest BCUT2D eigenvalue weighted by Gasteiger charge is -2.47. The van der Waals surface area contributed by atoms with Crippen LogP contribution >= 0.6 is 11.3 Å².